The molecule has 1 heterocycles. The van der Waals surface area contributed by atoms with Crippen LogP contribution in [0.1, 0.15) is 29.9 Å². The Labute approximate surface area is 125 Å². The van der Waals surface area contributed by atoms with Gasteiger partial charge in [0.05, 0.1) is 12.3 Å². The monoisotopic (exact) mass is 289 g/mol. The largest absolute Gasteiger partial charge is 0.490 e. The Morgan fingerprint density at radius 1 is 1.19 bits per heavy atom. The molecule has 2 aromatic rings. The lowest BCUT2D eigenvalue weighted by atomic mass is 10.1. The molecule has 4 heteroatoms. The summed E-state index contributed by atoms with van der Waals surface area (Å²) in [6.07, 6.45) is 1.08. The normalized spacial score (nSPS) is 13.9. The van der Waals surface area contributed by atoms with Gasteiger partial charge in [0.25, 0.3) is 0 Å². The molecule has 0 radical (unpaired) electrons. The number of rotatable bonds is 7. The van der Waals surface area contributed by atoms with Crippen molar-refractivity contribution in [1.82, 2.24) is 5.32 Å². The van der Waals surface area contributed by atoms with E-state index in [0.29, 0.717) is 6.54 Å². The van der Waals surface area contributed by atoms with Gasteiger partial charge in [-0.05, 0) is 44.0 Å². The molecule has 2 atom stereocenters. The average molecular weight is 289 g/mol. The van der Waals surface area contributed by atoms with E-state index < -0.39 is 6.10 Å². The fourth-order valence-electron chi connectivity index (χ4n) is 2.22. The molecule has 21 heavy (non-hydrogen) atoms. The molecule has 0 saturated carbocycles. The standard InChI is InChI=1S/C17H23NO3/c1-12-6-4-7-13(2)17(12)21-11-15(19)10-18-14(3)16-8-5-9-20-16/h4-9,14-15,18-19H,10-11H2,1-3H3/t14-,15?/m0/s1. The average Bonchev–Trinajstić information content (AvgIpc) is 2.98. The summed E-state index contributed by atoms with van der Waals surface area (Å²) in [4.78, 5) is 0. The van der Waals surface area contributed by atoms with Gasteiger partial charge in [-0.15, -0.1) is 0 Å². The summed E-state index contributed by atoms with van der Waals surface area (Å²) in [5, 5.41) is 13.2. The van der Waals surface area contributed by atoms with Gasteiger partial charge in [0.15, 0.2) is 0 Å². The minimum Gasteiger partial charge on any atom is -0.490 e. The predicted octanol–water partition coefficient (Wildman–Crippen LogP) is 2.99. The fourth-order valence-corrected chi connectivity index (χ4v) is 2.22. The first kappa shape index (κ1) is 15.6. The minimum absolute atomic E-state index is 0.0647. The van der Waals surface area contributed by atoms with Crippen LogP contribution in [-0.4, -0.2) is 24.4 Å². The quantitative estimate of drug-likeness (QED) is 0.823. The van der Waals surface area contributed by atoms with Crippen LogP contribution in [0.15, 0.2) is 41.0 Å². The van der Waals surface area contributed by atoms with Crippen molar-refractivity contribution in [2.75, 3.05) is 13.2 Å². The van der Waals surface area contributed by atoms with E-state index in [1.165, 1.54) is 0 Å². The summed E-state index contributed by atoms with van der Waals surface area (Å²) in [5.74, 6) is 1.72. The SMILES string of the molecule is Cc1cccc(C)c1OCC(O)CN[C@@H](C)c1ccco1. The molecule has 0 bridgehead atoms. The summed E-state index contributed by atoms with van der Waals surface area (Å²) in [6, 6.07) is 9.85. The highest BCUT2D eigenvalue weighted by Crippen LogP contribution is 2.22. The summed E-state index contributed by atoms with van der Waals surface area (Å²) in [7, 11) is 0. The van der Waals surface area contributed by atoms with Crippen molar-refractivity contribution in [1.29, 1.82) is 0 Å². The molecule has 114 valence electrons. The predicted molar refractivity (Wildman–Crippen MR) is 82.5 cm³/mol. The topological polar surface area (TPSA) is 54.6 Å². The number of aliphatic hydroxyl groups excluding tert-OH is 1. The van der Waals surface area contributed by atoms with Gasteiger partial charge in [0.2, 0.25) is 0 Å². The zero-order valence-corrected chi connectivity index (χ0v) is 12.8. The van der Waals surface area contributed by atoms with Gasteiger partial charge in [0.1, 0.15) is 24.2 Å². The fraction of sp³-hybridized carbons (Fsp3) is 0.412. The van der Waals surface area contributed by atoms with E-state index in [0.717, 1.165) is 22.6 Å². The van der Waals surface area contributed by atoms with Gasteiger partial charge in [-0.1, -0.05) is 18.2 Å². The Morgan fingerprint density at radius 3 is 2.52 bits per heavy atom. The molecule has 4 nitrogen and oxygen atoms in total. The molecule has 0 amide bonds. The van der Waals surface area contributed by atoms with Crippen LogP contribution in [0.5, 0.6) is 5.75 Å². The summed E-state index contributed by atoms with van der Waals surface area (Å²) >= 11 is 0. The summed E-state index contributed by atoms with van der Waals surface area (Å²) in [5.41, 5.74) is 2.17. The van der Waals surface area contributed by atoms with E-state index in [1.807, 2.05) is 51.1 Å². The van der Waals surface area contributed by atoms with Gasteiger partial charge in [-0.2, -0.15) is 0 Å². The second kappa shape index (κ2) is 7.29. The van der Waals surface area contributed by atoms with Gasteiger partial charge in [-0.3, -0.25) is 0 Å². The van der Waals surface area contributed by atoms with E-state index >= 15 is 0 Å². The summed E-state index contributed by atoms with van der Waals surface area (Å²) in [6.45, 7) is 6.73. The van der Waals surface area contributed by atoms with Crippen LogP contribution < -0.4 is 10.1 Å². The molecular formula is C17H23NO3. The first-order valence-corrected chi connectivity index (χ1v) is 7.21. The van der Waals surface area contributed by atoms with Gasteiger partial charge in [0, 0.05) is 6.54 Å². The van der Waals surface area contributed by atoms with Crippen LogP contribution in [0, 0.1) is 13.8 Å². The lowest BCUT2D eigenvalue weighted by molar-refractivity contribution is 0.102. The van der Waals surface area contributed by atoms with Crippen LogP contribution in [0.3, 0.4) is 0 Å². The van der Waals surface area contributed by atoms with Crippen molar-refractivity contribution in [3.63, 3.8) is 0 Å². The molecule has 0 aliphatic rings. The van der Waals surface area contributed by atoms with Crippen molar-refractivity contribution in [3.05, 3.63) is 53.5 Å². The number of benzene rings is 1. The number of hydrogen-bond acceptors (Lipinski definition) is 4. The Morgan fingerprint density at radius 2 is 1.90 bits per heavy atom. The Balaban J connectivity index is 1.78. The van der Waals surface area contributed by atoms with E-state index in [-0.39, 0.29) is 12.6 Å². The third-order valence-corrected chi connectivity index (χ3v) is 3.46. The number of aliphatic hydroxyl groups is 1. The van der Waals surface area contributed by atoms with Crippen LogP contribution in [-0.2, 0) is 0 Å². The summed E-state index contributed by atoms with van der Waals surface area (Å²) < 4.78 is 11.1. The maximum Gasteiger partial charge on any atom is 0.125 e. The molecule has 1 aromatic carbocycles. The number of furan rings is 1. The van der Waals surface area contributed by atoms with Gasteiger partial charge in [-0.25, -0.2) is 0 Å². The highest BCUT2D eigenvalue weighted by atomic mass is 16.5. The molecule has 1 unspecified atom stereocenters. The molecule has 0 spiro atoms. The number of para-hydroxylation sites is 1. The third-order valence-electron chi connectivity index (χ3n) is 3.46. The van der Waals surface area contributed by atoms with Crippen molar-refractivity contribution in [2.24, 2.45) is 0 Å². The Hall–Kier alpha value is -1.78. The molecule has 0 aliphatic carbocycles. The first-order chi connectivity index (χ1) is 10.1. The molecular weight excluding hydrogens is 266 g/mol. The highest BCUT2D eigenvalue weighted by Gasteiger charge is 2.12. The van der Waals surface area contributed by atoms with Crippen LogP contribution in [0.2, 0.25) is 0 Å². The smallest absolute Gasteiger partial charge is 0.125 e. The second-order valence-electron chi connectivity index (χ2n) is 5.33. The highest BCUT2D eigenvalue weighted by molar-refractivity contribution is 5.39. The van der Waals surface area contributed by atoms with Crippen LogP contribution >= 0.6 is 0 Å². The maximum atomic E-state index is 10.0. The van der Waals surface area contributed by atoms with E-state index in [2.05, 4.69) is 5.32 Å². The van der Waals surface area contributed by atoms with Crippen molar-refractivity contribution >= 4 is 0 Å². The van der Waals surface area contributed by atoms with Crippen LogP contribution in [0.4, 0.5) is 0 Å². The molecule has 2 N–H and O–H groups in total. The van der Waals surface area contributed by atoms with E-state index in [4.69, 9.17) is 9.15 Å². The maximum absolute atomic E-state index is 10.0. The molecule has 0 fully saturated rings. The van der Waals surface area contributed by atoms with Crippen molar-refractivity contribution in [2.45, 2.75) is 32.9 Å². The Kier molecular flexibility index (Phi) is 5.42. The van der Waals surface area contributed by atoms with Crippen LogP contribution in [0.25, 0.3) is 0 Å². The Bertz CT molecular complexity index is 531. The lowest BCUT2D eigenvalue weighted by Crippen LogP contribution is -2.33. The lowest BCUT2D eigenvalue weighted by Gasteiger charge is -2.18. The zero-order valence-electron chi connectivity index (χ0n) is 12.8. The van der Waals surface area contributed by atoms with Gasteiger partial charge >= 0.3 is 0 Å². The van der Waals surface area contributed by atoms with Crippen molar-refractivity contribution in [3.8, 4) is 5.75 Å². The number of hydrogen-bond donors (Lipinski definition) is 2. The number of aryl methyl sites for hydroxylation is 2. The molecule has 0 aliphatic heterocycles. The molecule has 2 rings (SSSR count). The minimum atomic E-state index is -0.568. The van der Waals surface area contributed by atoms with E-state index in [1.54, 1.807) is 6.26 Å². The molecule has 1 aromatic heterocycles. The third kappa shape index (κ3) is 4.34. The molecule has 0 saturated heterocycles. The second-order valence-corrected chi connectivity index (χ2v) is 5.33. The van der Waals surface area contributed by atoms with Crippen molar-refractivity contribution < 1.29 is 14.3 Å². The van der Waals surface area contributed by atoms with E-state index in [9.17, 15) is 5.11 Å². The van der Waals surface area contributed by atoms with Gasteiger partial charge < -0.3 is 19.6 Å². The number of ether oxygens (including phenoxy) is 1. The first-order valence-electron chi connectivity index (χ1n) is 7.21. The number of nitrogens with one attached hydrogen (secondary N) is 1. The zero-order chi connectivity index (χ0) is 15.2.